The summed E-state index contributed by atoms with van der Waals surface area (Å²) in [5, 5.41) is 12.8. The van der Waals surface area contributed by atoms with E-state index in [1.165, 1.54) is 22.9 Å². The van der Waals surface area contributed by atoms with Gasteiger partial charge < -0.3 is 10.4 Å². The second kappa shape index (κ2) is 7.59. The first-order valence-electron chi connectivity index (χ1n) is 9.38. The maximum atomic E-state index is 14.9. The number of hydrogen-bond donors (Lipinski definition) is 2. The second-order valence-electron chi connectivity index (χ2n) is 8.15. The minimum absolute atomic E-state index is 0.0188. The summed E-state index contributed by atoms with van der Waals surface area (Å²) in [5.41, 5.74) is 6.59. The van der Waals surface area contributed by atoms with Crippen LogP contribution in [0.4, 0.5) is 10.1 Å². The zero-order valence-electron chi connectivity index (χ0n) is 16.6. The van der Waals surface area contributed by atoms with E-state index in [-0.39, 0.29) is 17.1 Å². The Labute approximate surface area is 165 Å². The highest BCUT2D eigenvalue weighted by molar-refractivity contribution is 7.99. The molecule has 0 atom stereocenters. The van der Waals surface area contributed by atoms with E-state index in [9.17, 15) is 9.50 Å². The van der Waals surface area contributed by atoms with Gasteiger partial charge in [-0.3, -0.25) is 0 Å². The molecule has 4 heteroatoms. The summed E-state index contributed by atoms with van der Waals surface area (Å²) in [6, 6.07) is 8.10. The average Bonchev–Trinajstić information content (AvgIpc) is 2.85. The van der Waals surface area contributed by atoms with E-state index in [1.54, 1.807) is 6.07 Å². The van der Waals surface area contributed by atoms with Crippen LogP contribution in [0, 0.1) is 19.7 Å². The SMILES string of the molecule is C=C(O)CCCSc1c(C)cc(-c2cc(C)cc3c2NC(C)(C)C3)cc1F. The van der Waals surface area contributed by atoms with E-state index in [0.29, 0.717) is 11.3 Å². The van der Waals surface area contributed by atoms with Gasteiger partial charge in [-0.15, -0.1) is 11.8 Å². The van der Waals surface area contributed by atoms with Gasteiger partial charge in [0.15, 0.2) is 0 Å². The summed E-state index contributed by atoms with van der Waals surface area (Å²) in [7, 11) is 0. The van der Waals surface area contributed by atoms with Gasteiger partial charge in [-0.1, -0.05) is 24.3 Å². The Bertz CT molecular complexity index is 865. The number of fused-ring (bicyclic) bond motifs is 1. The van der Waals surface area contributed by atoms with Gasteiger partial charge in [-0.2, -0.15) is 0 Å². The van der Waals surface area contributed by atoms with Crippen LogP contribution in [0.15, 0.2) is 41.5 Å². The van der Waals surface area contributed by atoms with Crippen molar-refractivity contribution in [2.45, 2.75) is 57.4 Å². The number of rotatable bonds is 6. The Morgan fingerprint density at radius 2 is 2.00 bits per heavy atom. The summed E-state index contributed by atoms with van der Waals surface area (Å²) in [6.45, 7) is 11.9. The van der Waals surface area contributed by atoms with Crippen molar-refractivity contribution in [3.63, 3.8) is 0 Å². The number of allylic oxidation sites excluding steroid dienone is 1. The molecule has 1 aliphatic rings. The lowest BCUT2D eigenvalue weighted by Crippen LogP contribution is -2.27. The molecule has 0 aliphatic carbocycles. The van der Waals surface area contributed by atoms with Crippen molar-refractivity contribution >= 4 is 17.4 Å². The molecule has 1 aliphatic heterocycles. The van der Waals surface area contributed by atoms with Crippen molar-refractivity contribution in [2.75, 3.05) is 11.1 Å². The van der Waals surface area contributed by atoms with Crippen LogP contribution in [0.3, 0.4) is 0 Å². The van der Waals surface area contributed by atoms with Gasteiger partial charge >= 0.3 is 0 Å². The lowest BCUT2D eigenvalue weighted by Gasteiger charge is -2.19. The minimum Gasteiger partial charge on any atom is -0.513 e. The maximum absolute atomic E-state index is 14.9. The summed E-state index contributed by atoms with van der Waals surface area (Å²) in [5.74, 6) is 0.768. The van der Waals surface area contributed by atoms with Crippen LogP contribution in [0.5, 0.6) is 0 Å². The first-order valence-corrected chi connectivity index (χ1v) is 10.4. The van der Waals surface area contributed by atoms with Gasteiger partial charge in [0.05, 0.1) is 5.76 Å². The predicted molar refractivity (Wildman–Crippen MR) is 114 cm³/mol. The topological polar surface area (TPSA) is 32.3 Å². The van der Waals surface area contributed by atoms with Crippen LogP contribution < -0.4 is 5.32 Å². The summed E-state index contributed by atoms with van der Waals surface area (Å²) in [4.78, 5) is 0.694. The van der Waals surface area contributed by atoms with E-state index >= 15 is 0 Å². The molecule has 0 bridgehead atoms. The molecule has 0 radical (unpaired) electrons. The van der Waals surface area contributed by atoms with Gasteiger partial charge in [0.1, 0.15) is 5.82 Å². The van der Waals surface area contributed by atoms with E-state index in [0.717, 1.165) is 41.0 Å². The molecule has 2 nitrogen and oxygen atoms in total. The minimum atomic E-state index is -0.176. The first-order chi connectivity index (χ1) is 12.7. The quantitative estimate of drug-likeness (QED) is 0.326. The number of nitrogens with one attached hydrogen (secondary N) is 1. The number of halogens is 1. The van der Waals surface area contributed by atoms with Crippen LogP contribution in [-0.2, 0) is 6.42 Å². The molecule has 27 heavy (non-hydrogen) atoms. The third kappa shape index (κ3) is 4.49. The Morgan fingerprint density at radius 1 is 1.26 bits per heavy atom. The Balaban J connectivity index is 1.90. The van der Waals surface area contributed by atoms with Crippen LogP contribution in [0.1, 0.15) is 43.4 Å². The molecule has 1 heterocycles. The van der Waals surface area contributed by atoms with E-state index in [2.05, 4.69) is 50.9 Å². The molecule has 2 aromatic rings. The summed E-state index contributed by atoms with van der Waals surface area (Å²) < 4.78 is 14.9. The van der Waals surface area contributed by atoms with Crippen molar-refractivity contribution in [3.8, 4) is 11.1 Å². The normalized spacial score (nSPS) is 14.7. The van der Waals surface area contributed by atoms with Crippen LogP contribution in [0.2, 0.25) is 0 Å². The average molecular weight is 386 g/mol. The van der Waals surface area contributed by atoms with Crippen LogP contribution >= 0.6 is 11.8 Å². The highest BCUT2D eigenvalue weighted by atomic mass is 32.2. The number of thioether (sulfide) groups is 1. The molecule has 0 fully saturated rings. The molecule has 0 saturated heterocycles. The lowest BCUT2D eigenvalue weighted by molar-refractivity contribution is 0.390. The summed E-state index contributed by atoms with van der Waals surface area (Å²) >= 11 is 1.51. The van der Waals surface area contributed by atoms with E-state index in [4.69, 9.17) is 0 Å². The number of aliphatic hydroxyl groups is 1. The van der Waals surface area contributed by atoms with Crippen LogP contribution in [0.25, 0.3) is 11.1 Å². The molecule has 0 unspecified atom stereocenters. The molecule has 144 valence electrons. The molecule has 0 amide bonds. The largest absolute Gasteiger partial charge is 0.513 e. The van der Waals surface area contributed by atoms with Crippen molar-refractivity contribution in [2.24, 2.45) is 0 Å². The third-order valence-corrected chi connectivity index (χ3v) is 6.15. The van der Waals surface area contributed by atoms with Gasteiger partial charge in [0.25, 0.3) is 0 Å². The monoisotopic (exact) mass is 385 g/mol. The molecular formula is C23H28FNOS. The number of aryl methyl sites for hydroxylation is 2. The van der Waals surface area contributed by atoms with Gasteiger partial charge in [0, 0.05) is 28.1 Å². The van der Waals surface area contributed by atoms with Crippen molar-refractivity contribution in [1.82, 2.24) is 0 Å². The highest BCUT2D eigenvalue weighted by Gasteiger charge is 2.30. The molecule has 3 rings (SSSR count). The van der Waals surface area contributed by atoms with Crippen molar-refractivity contribution in [1.29, 1.82) is 0 Å². The third-order valence-electron chi connectivity index (χ3n) is 4.86. The Hall–Kier alpha value is -1.94. The van der Waals surface area contributed by atoms with E-state index in [1.807, 2.05) is 6.92 Å². The fourth-order valence-corrected chi connectivity index (χ4v) is 4.73. The Morgan fingerprint density at radius 3 is 2.67 bits per heavy atom. The maximum Gasteiger partial charge on any atom is 0.137 e. The zero-order chi connectivity index (χ0) is 19.8. The van der Waals surface area contributed by atoms with Crippen molar-refractivity contribution < 1.29 is 9.50 Å². The summed E-state index contributed by atoms with van der Waals surface area (Å²) in [6.07, 6.45) is 2.32. The van der Waals surface area contributed by atoms with Gasteiger partial charge in [-0.05, 0) is 75.1 Å². The Kier molecular flexibility index (Phi) is 5.57. The lowest BCUT2D eigenvalue weighted by atomic mass is 9.95. The second-order valence-corrected chi connectivity index (χ2v) is 9.26. The highest BCUT2D eigenvalue weighted by Crippen LogP contribution is 2.42. The van der Waals surface area contributed by atoms with E-state index < -0.39 is 0 Å². The standard InChI is InChI=1S/C23H28FNOS/c1-14-9-18-13-23(4,5)25-21(18)19(10-14)17-11-15(2)22(20(24)12-17)27-8-6-7-16(3)26/h9-12,25-26H,3,6-8,13H2,1-2,4-5H3. The number of hydrogen-bond acceptors (Lipinski definition) is 3. The molecule has 0 aromatic heterocycles. The fraction of sp³-hybridized carbons (Fsp3) is 0.391. The molecular weight excluding hydrogens is 357 g/mol. The molecule has 2 aromatic carbocycles. The number of anilines is 1. The molecule has 0 saturated carbocycles. The zero-order valence-corrected chi connectivity index (χ0v) is 17.4. The molecule has 2 N–H and O–H groups in total. The fourth-order valence-electron chi connectivity index (χ4n) is 3.75. The smallest absolute Gasteiger partial charge is 0.137 e. The number of benzene rings is 2. The van der Waals surface area contributed by atoms with Crippen molar-refractivity contribution in [3.05, 3.63) is 59.1 Å². The predicted octanol–water partition coefficient (Wildman–Crippen LogP) is 6.80. The number of aliphatic hydroxyl groups excluding tert-OH is 1. The van der Waals surface area contributed by atoms with Gasteiger partial charge in [-0.25, -0.2) is 4.39 Å². The first kappa shape index (κ1) is 19.8. The van der Waals surface area contributed by atoms with Crippen LogP contribution in [-0.4, -0.2) is 16.4 Å². The molecule has 0 spiro atoms. The van der Waals surface area contributed by atoms with Gasteiger partial charge in [0.2, 0.25) is 0 Å².